The smallest absolute Gasteiger partial charge is 0.257 e. The van der Waals surface area contributed by atoms with Gasteiger partial charge in [-0.25, -0.2) is 8.42 Å². The molecule has 0 unspecified atom stereocenters. The molecule has 2 heterocycles. The van der Waals surface area contributed by atoms with Gasteiger partial charge in [0.1, 0.15) is 0 Å². The molecule has 0 aliphatic rings. The molecule has 0 saturated carbocycles. The monoisotopic (exact) mass is 384 g/mol. The molecule has 140 valence electrons. The summed E-state index contributed by atoms with van der Waals surface area (Å²) in [6, 6.07) is 10.1. The first-order chi connectivity index (χ1) is 12.8. The van der Waals surface area contributed by atoms with E-state index in [4.69, 9.17) is 0 Å². The second-order valence-electron chi connectivity index (χ2n) is 6.27. The van der Waals surface area contributed by atoms with Crippen LogP contribution in [-0.2, 0) is 22.8 Å². The van der Waals surface area contributed by atoms with Gasteiger partial charge in [-0.15, -0.1) is 0 Å². The molecule has 1 N–H and O–H groups in total. The Bertz CT molecular complexity index is 1060. The largest absolute Gasteiger partial charge is 0.305 e. The minimum Gasteiger partial charge on any atom is -0.305 e. The number of hydrogen-bond donors (Lipinski definition) is 1. The maximum atomic E-state index is 12.5. The van der Waals surface area contributed by atoms with Gasteiger partial charge in [-0.3, -0.25) is 14.5 Å². The van der Waals surface area contributed by atoms with Crippen LogP contribution in [0.15, 0.2) is 59.9 Å². The highest BCUT2D eigenvalue weighted by atomic mass is 32.2. The van der Waals surface area contributed by atoms with E-state index >= 15 is 0 Å². The van der Waals surface area contributed by atoms with Gasteiger partial charge in [0, 0.05) is 43.0 Å². The summed E-state index contributed by atoms with van der Waals surface area (Å²) >= 11 is 0. The second kappa shape index (κ2) is 7.71. The minimum absolute atomic E-state index is 0.112. The summed E-state index contributed by atoms with van der Waals surface area (Å²) in [6.45, 7) is 2.43. The lowest BCUT2D eigenvalue weighted by molar-refractivity contribution is 0.102. The third kappa shape index (κ3) is 4.79. The van der Waals surface area contributed by atoms with E-state index in [2.05, 4.69) is 15.4 Å². The number of rotatable bonds is 6. The maximum absolute atomic E-state index is 12.5. The molecule has 0 spiro atoms. The van der Waals surface area contributed by atoms with Crippen LogP contribution in [0, 0.1) is 6.92 Å². The summed E-state index contributed by atoms with van der Waals surface area (Å²) in [5.74, 6) is 0.0243. The van der Waals surface area contributed by atoms with Gasteiger partial charge in [0.15, 0.2) is 15.7 Å². The van der Waals surface area contributed by atoms with Crippen LogP contribution in [0.2, 0.25) is 0 Å². The van der Waals surface area contributed by atoms with E-state index in [1.165, 1.54) is 12.1 Å². The van der Waals surface area contributed by atoms with Crippen molar-refractivity contribution in [3.8, 4) is 0 Å². The van der Waals surface area contributed by atoms with Crippen LogP contribution in [0.3, 0.4) is 0 Å². The van der Waals surface area contributed by atoms with Crippen molar-refractivity contribution in [2.45, 2.75) is 24.8 Å². The number of carbonyl (C=O) groups excluding carboxylic acids is 1. The molecule has 0 aliphatic carbocycles. The quantitative estimate of drug-likeness (QED) is 0.705. The summed E-state index contributed by atoms with van der Waals surface area (Å²) in [4.78, 5) is 16.6. The van der Waals surface area contributed by atoms with Crippen molar-refractivity contribution in [2.75, 3.05) is 11.6 Å². The van der Waals surface area contributed by atoms with Crippen molar-refractivity contribution in [3.63, 3.8) is 0 Å². The topological polar surface area (TPSA) is 94.0 Å². The van der Waals surface area contributed by atoms with E-state index < -0.39 is 15.7 Å². The molecule has 3 rings (SSSR count). The Balaban J connectivity index is 1.69. The van der Waals surface area contributed by atoms with Crippen molar-refractivity contribution >= 4 is 21.6 Å². The molecule has 0 fully saturated rings. The van der Waals surface area contributed by atoms with Crippen LogP contribution in [0.1, 0.15) is 21.5 Å². The first-order valence-corrected chi connectivity index (χ1v) is 10.3. The van der Waals surface area contributed by atoms with Gasteiger partial charge in [0.2, 0.25) is 0 Å². The fraction of sp³-hybridized carbons (Fsp3) is 0.211. The third-order valence-electron chi connectivity index (χ3n) is 4.14. The van der Waals surface area contributed by atoms with Gasteiger partial charge in [-0.1, -0.05) is 6.07 Å². The molecule has 7 nitrogen and oxygen atoms in total. The second-order valence-corrected chi connectivity index (χ2v) is 8.29. The molecule has 3 aromatic rings. The predicted octanol–water partition coefficient (Wildman–Crippen LogP) is 2.49. The van der Waals surface area contributed by atoms with Gasteiger partial charge < -0.3 is 5.32 Å². The number of carbonyl (C=O) groups is 1. The molecular formula is C19H20N4O3S. The molecule has 0 bridgehead atoms. The molecular weight excluding hydrogens is 364 g/mol. The Morgan fingerprint density at radius 3 is 2.59 bits per heavy atom. The zero-order chi connectivity index (χ0) is 19.4. The Hall–Kier alpha value is -3.00. The third-order valence-corrected chi connectivity index (χ3v) is 5.25. The number of nitrogens with one attached hydrogen (secondary N) is 1. The fourth-order valence-electron chi connectivity index (χ4n) is 2.61. The highest BCUT2D eigenvalue weighted by Gasteiger charge is 2.15. The van der Waals surface area contributed by atoms with E-state index in [0.717, 1.165) is 18.2 Å². The van der Waals surface area contributed by atoms with Gasteiger partial charge in [-0.05, 0) is 48.7 Å². The number of aryl methyl sites for hydroxylation is 3. The van der Waals surface area contributed by atoms with E-state index in [9.17, 15) is 13.2 Å². The molecule has 1 aromatic carbocycles. The first-order valence-electron chi connectivity index (χ1n) is 8.37. The summed E-state index contributed by atoms with van der Waals surface area (Å²) in [7, 11) is -3.38. The summed E-state index contributed by atoms with van der Waals surface area (Å²) in [5, 5.41) is 7.06. The van der Waals surface area contributed by atoms with Crippen LogP contribution in [0.25, 0.3) is 0 Å². The number of nitrogens with zero attached hydrogens (tertiary/aromatic N) is 3. The highest BCUT2D eigenvalue weighted by molar-refractivity contribution is 7.90. The summed E-state index contributed by atoms with van der Waals surface area (Å²) in [5.41, 5.74) is 2.15. The van der Waals surface area contributed by atoms with E-state index in [-0.39, 0.29) is 4.90 Å². The van der Waals surface area contributed by atoms with Gasteiger partial charge >= 0.3 is 0 Å². The van der Waals surface area contributed by atoms with Crippen molar-refractivity contribution in [3.05, 3.63) is 71.7 Å². The fourth-order valence-corrected chi connectivity index (χ4v) is 3.25. The van der Waals surface area contributed by atoms with E-state index in [1.807, 2.05) is 12.1 Å². The van der Waals surface area contributed by atoms with Gasteiger partial charge in [0.25, 0.3) is 5.91 Å². The Labute approximate surface area is 158 Å². The average Bonchev–Trinajstić information content (AvgIpc) is 3.07. The Morgan fingerprint density at radius 1 is 1.15 bits per heavy atom. The number of amides is 1. The number of hydrogen-bond acceptors (Lipinski definition) is 5. The average molecular weight is 384 g/mol. The van der Waals surface area contributed by atoms with Crippen LogP contribution in [0.5, 0.6) is 0 Å². The van der Waals surface area contributed by atoms with E-state index in [0.29, 0.717) is 23.5 Å². The lowest BCUT2D eigenvalue weighted by atomic mass is 10.1. The van der Waals surface area contributed by atoms with Crippen molar-refractivity contribution in [1.29, 1.82) is 0 Å². The number of anilines is 1. The number of sulfone groups is 1. The highest BCUT2D eigenvalue weighted by Crippen LogP contribution is 2.17. The standard InChI is InChI=1S/C19H20N4O3S/c1-14-3-4-16(27(2,25)26)13-17(14)19(24)21-18-8-12-23(22-18)11-7-15-5-9-20-10-6-15/h3-6,8-10,12-13H,7,11H2,1-2H3,(H,21,22,24). The Morgan fingerprint density at radius 2 is 1.89 bits per heavy atom. The predicted molar refractivity (Wildman–Crippen MR) is 102 cm³/mol. The van der Waals surface area contributed by atoms with Crippen LogP contribution in [-0.4, -0.2) is 35.3 Å². The molecule has 2 aromatic heterocycles. The molecule has 0 aliphatic heterocycles. The molecule has 0 radical (unpaired) electrons. The molecule has 8 heteroatoms. The first kappa shape index (κ1) is 18.8. The number of aromatic nitrogens is 3. The van der Waals surface area contributed by atoms with Crippen LogP contribution >= 0.6 is 0 Å². The van der Waals surface area contributed by atoms with E-state index in [1.54, 1.807) is 42.3 Å². The molecule has 27 heavy (non-hydrogen) atoms. The lowest BCUT2D eigenvalue weighted by Crippen LogP contribution is -2.15. The molecule has 0 atom stereocenters. The van der Waals surface area contributed by atoms with Crippen LogP contribution < -0.4 is 5.32 Å². The SMILES string of the molecule is Cc1ccc(S(C)(=O)=O)cc1C(=O)Nc1ccn(CCc2ccncc2)n1. The van der Waals surface area contributed by atoms with Crippen molar-refractivity contribution in [1.82, 2.24) is 14.8 Å². The Kier molecular flexibility index (Phi) is 5.36. The zero-order valence-corrected chi connectivity index (χ0v) is 15.9. The number of benzene rings is 1. The molecule has 1 amide bonds. The normalized spacial score (nSPS) is 11.3. The van der Waals surface area contributed by atoms with Crippen LogP contribution in [0.4, 0.5) is 5.82 Å². The summed E-state index contributed by atoms with van der Waals surface area (Å²) < 4.78 is 25.2. The van der Waals surface area contributed by atoms with Gasteiger partial charge in [0.05, 0.1) is 4.90 Å². The minimum atomic E-state index is -3.38. The summed E-state index contributed by atoms with van der Waals surface area (Å²) in [6.07, 6.45) is 7.20. The number of pyridine rings is 1. The van der Waals surface area contributed by atoms with Gasteiger partial charge in [-0.2, -0.15) is 5.10 Å². The lowest BCUT2D eigenvalue weighted by Gasteiger charge is -2.08. The van der Waals surface area contributed by atoms with Crippen molar-refractivity contribution in [2.24, 2.45) is 0 Å². The molecule has 0 saturated heterocycles. The zero-order valence-electron chi connectivity index (χ0n) is 15.1. The maximum Gasteiger partial charge on any atom is 0.257 e. The van der Waals surface area contributed by atoms with Crippen molar-refractivity contribution < 1.29 is 13.2 Å².